The van der Waals surface area contributed by atoms with E-state index in [1.165, 1.54) is 6.42 Å². The SMILES string of the molecule is CC(NC(=O)[C@@]12CCCC[C@H]1CNC2)c1ccc(OCC(=O)NC2CC2)cc1.Cl. The molecule has 2 saturated carbocycles. The van der Waals surface area contributed by atoms with Gasteiger partial charge < -0.3 is 20.7 Å². The van der Waals surface area contributed by atoms with Gasteiger partial charge >= 0.3 is 0 Å². The Kier molecular flexibility index (Phi) is 7.06. The molecule has 3 aliphatic rings. The molecule has 3 atom stereocenters. The van der Waals surface area contributed by atoms with Crippen LogP contribution in [0.5, 0.6) is 5.75 Å². The van der Waals surface area contributed by atoms with Crippen molar-refractivity contribution >= 4 is 24.2 Å². The average Bonchev–Trinajstić information content (AvgIpc) is 3.40. The van der Waals surface area contributed by atoms with Crippen LogP contribution in [-0.2, 0) is 9.59 Å². The fraction of sp³-hybridized carbons (Fsp3) is 0.636. The summed E-state index contributed by atoms with van der Waals surface area (Å²) in [7, 11) is 0. The number of ether oxygens (including phenoxy) is 1. The molecule has 1 aromatic rings. The highest BCUT2D eigenvalue weighted by molar-refractivity contribution is 5.85. The van der Waals surface area contributed by atoms with Crippen molar-refractivity contribution in [3.63, 3.8) is 0 Å². The Hall–Kier alpha value is -1.79. The molecule has 29 heavy (non-hydrogen) atoms. The monoisotopic (exact) mass is 421 g/mol. The van der Waals surface area contributed by atoms with Gasteiger partial charge in [0, 0.05) is 12.6 Å². The van der Waals surface area contributed by atoms with Crippen LogP contribution in [0.3, 0.4) is 0 Å². The van der Waals surface area contributed by atoms with Crippen LogP contribution < -0.4 is 20.7 Å². The van der Waals surface area contributed by atoms with Gasteiger partial charge in [-0.25, -0.2) is 0 Å². The summed E-state index contributed by atoms with van der Waals surface area (Å²) < 4.78 is 5.56. The molecule has 0 radical (unpaired) electrons. The highest BCUT2D eigenvalue weighted by Gasteiger charge is 2.49. The van der Waals surface area contributed by atoms with E-state index in [9.17, 15) is 9.59 Å². The third kappa shape index (κ3) is 5.04. The minimum absolute atomic E-state index is 0. The maximum absolute atomic E-state index is 13.1. The highest BCUT2D eigenvalue weighted by Crippen LogP contribution is 2.44. The molecule has 160 valence electrons. The Morgan fingerprint density at radius 2 is 1.97 bits per heavy atom. The van der Waals surface area contributed by atoms with Crippen LogP contribution in [0.1, 0.15) is 57.1 Å². The van der Waals surface area contributed by atoms with Gasteiger partial charge in [0.15, 0.2) is 6.61 Å². The summed E-state index contributed by atoms with van der Waals surface area (Å²) in [4.78, 5) is 24.8. The average molecular weight is 422 g/mol. The van der Waals surface area contributed by atoms with Crippen molar-refractivity contribution in [1.82, 2.24) is 16.0 Å². The zero-order chi connectivity index (χ0) is 19.6. The molecule has 0 aromatic heterocycles. The van der Waals surface area contributed by atoms with Crippen molar-refractivity contribution in [3.05, 3.63) is 29.8 Å². The van der Waals surface area contributed by atoms with Gasteiger partial charge in [0.05, 0.1) is 11.5 Å². The summed E-state index contributed by atoms with van der Waals surface area (Å²) in [5.41, 5.74) is 0.808. The predicted octanol–water partition coefficient (Wildman–Crippen LogP) is 2.72. The minimum Gasteiger partial charge on any atom is -0.484 e. The van der Waals surface area contributed by atoms with Crippen molar-refractivity contribution in [3.8, 4) is 5.75 Å². The molecule has 3 fully saturated rings. The number of fused-ring (bicyclic) bond motifs is 1. The van der Waals surface area contributed by atoms with Crippen LogP contribution in [0.15, 0.2) is 24.3 Å². The largest absolute Gasteiger partial charge is 0.484 e. The lowest BCUT2D eigenvalue weighted by atomic mass is 9.67. The molecule has 7 heteroatoms. The van der Waals surface area contributed by atoms with Crippen LogP contribution >= 0.6 is 12.4 Å². The molecule has 0 spiro atoms. The molecule has 1 saturated heterocycles. The van der Waals surface area contributed by atoms with Gasteiger partial charge in [0.1, 0.15) is 5.75 Å². The van der Waals surface area contributed by atoms with E-state index >= 15 is 0 Å². The van der Waals surface area contributed by atoms with E-state index in [2.05, 4.69) is 16.0 Å². The standard InChI is InChI=1S/C22H31N3O3.ClH/c1-15(24-21(27)22-11-3-2-4-17(22)12-23-14-22)16-5-9-19(10-6-16)28-13-20(26)25-18-7-8-18;/h5-6,9-10,15,17-18,23H,2-4,7-8,11-14H2,1H3,(H,24,27)(H,25,26);1H/t15?,17-,22+;/m0./s1. The fourth-order valence-corrected chi connectivity index (χ4v) is 4.61. The number of carbonyl (C=O) groups excluding carboxylic acids is 2. The van der Waals surface area contributed by atoms with Crippen molar-refractivity contribution in [2.75, 3.05) is 19.7 Å². The molecular weight excluding hydrogens is 390 g/mol. The van der Waals surface area contributed by atoms with Crippen molar-refractivity contribution in [1.29, 1.82) is 0 Å². The van der Waals surface area contributed by atoms with Crippen LogP contribution in [0, 0.1) is 11.3 Å². The molecule has 0 bridgehead atoms. The van der Waals surface area contributed by atoms with Crippen molar-refractivity contribution < 1.29 is 14.3 Å². The molecule has 4 rings (SSSR count). The van der Waals surface area contributed by atoms with E-state index in [0.29, 0.717) is 17.7 Å². The number of amides is 2. The Morgan fingerprint density at radius 1 is 1.21 bits per heavy atom. The van der Waals surface area contributed by atoms with Gasteiger partial charge in [-0.2, -0.15) is 0 Å². The second-order valence-corrected chi connectivity index (χ2v) is 8.62. The van der Waals surface area contributed by atoms with Gasteiger partial charge in [-0.3, -0.25) is 9.59 Å². The number of nitrogens with one attached hydrogen (secondary N) is 3. The lowest BCUT2D eigenvalue weighted by Gasteiger charge is -2.38. The van der Waals surface area contributed by atoms with E-state index in [1.54, 1.807) is 0 Å². The zero-order valence-corrected chi connectivity index (χ0v) is 17.9. The first kappa shape index (κ1) is 21.9. The summed E-state index contributed by atoms with van der Waals surface area (Å²) >= 11 is 0. The van der Waals surface area contributed by atoms with E-state index in [-0.39, 0.29) is 42.3 Å². The van der Waals surface area contributed by atoms with E-state index in [4.69, 9.17) is 4.74 Å². The fourth-order valence-electron chi connectivity index (χ4n) is 4.61. The second-order valence-electron chi connectivity index (χ2n) is 8.62. The van der Waals surface area contributed by atoms with Crippen LogP contribution in [0.4, 0.5) is 0 Å². The third-order valence-electron chi connectivity index (χ3n) is 6.53. The van der Waals surface area contributed by atoms with Crippen LogP contribution in [0.25, 0.3) is 0 Å². The number of hydrogen-bond donors (Lipinski definition) is 3. The number of halogens is 1. The highest BCUT2D eigenvalue weighted by atomic mass is 35.5. The molecule has 1 aromatic carbocycles. The molecule has 1 heterocycles. The Labute approximate surface area is 178 Å². The van der Waals surface area contributed by atoms with Crippen molar-refractivity contribution in [2.45, 2.75) is 57.5 Å². The Bertz CT molecular complexity index is 723. The first-order chi connectivity index (χ1) is 13.6. The van der Waals surface area contributed by atoms with Crippen LogP contribution in [0.2, 0.25) is 0 Å². The maximum Gasteiger partial charge on any atom is 0.258 e. The molecule has 6 nitrogen and oxygen atoms in total. The lowest BCUT2D eigenvalue weighted by molar-refractivity contribution is -0.134. The number of benzene rings is 1. The van der Waals surface area contributed by atoms with Gasteiger partial charge in [0.2, 0.25) is 5.91 Å². The van der Waals surface area contributed by atoms with Gasteiger partial charge in [-0.05, 0) is 62.8 Å². The maximum atomic E-state index is 13.1. The summed E-state index contributed by atoms with van der Waals surface area (Å²) in [6.45, 7) is 3.82. The number of hydrogen-bond acceptors (Lipinski definition) is 4. The third-order valence-corrected chi connectivity index (χ3v) is 6.53. The predicted molar refractivity (Wildman–Crippen MR) is 114 cm³/mol. The summed E-state index contributed by atoms with van der Waals surface area (Å²) in [6.07, 6.45) is 6.65. The molecule has 2 aliphatic carbocycles. The smallest absolute Gasteiger partial charge is 0.258 e. The Morgan fingerprint density at radius 3 is 2.69 bits per heavy atom. The first-order valence-electron chi connectivity index (χ1n) is 10.6. The topological polar surface area (TPSA) is 79.5 Å². The second kappa shape index (κ2) is 9.35. The minimum atomic E-state index is -0.232. The normalized spacial score (nSPS) is 26.6. The molecule has 3 N–H and O–H groups in total. The zero-order valence-electron chi connectivity index (χ0n) is 17.0. The Balaban J connectivity index is 0.00000240. The van der Waals surface area contributed by atoms with Gasteiger partial charge in [0.25, 0.3) is 5.91 Å². The summed E-state index contributed by atoms with van der Waals surface area (Å²) in [6, 6.07) is 7.94. The van der Waals surface area contributed by atoms with E-state index in [1.807, 2.05) is 31.2 Å². The summed E-state index contributed by atoms with van der Waals surface area (Å²) in [5.74, 6) is 1.25. The van der Waals surface area contributed by atoms with E-state index in [0.717, 1.165) is 50.8 Å². The quantitative estimate of drug-likeness (QED) is 0.632. The molecule has 2 amide bonds. The van der Waals surface area contributed by atoms with Crippen molar-refractivity contribution in [2.24, 2.45) is 11.3 Å². The van der Waals surface area contributed by atoms with Gasteiger partial charge in [-0.15, -0.1) is 12.4 Å². The summed E-state index contributed by atoms with van der Waals surface area (Å²) in [5, 5.41) is 9.59. The molecule has 1 aliphatic heterocycles. The lowest BCUT2D eigenvalue weighted by Crippen LogP contribution is -2.48. The van der Waals surface area contributed by atoms with Crippen LogP contribution in [-0.4, -0.2) is 37.6 Å². The number of carbonyl (C=O) groups is 2. The van der Waals surface area contributed by atoms with Gasteiger partial charge in [-0.1, -0.05) is 25.0 Å². The molecular formula is C22H32ClN3O3. The van der Waals surface area contributed by atoms with E-state index < -0.39 is 0 Å². The first-order valence-corrected chi connectivity index (χ1v) is 10.6. The molecule has 1 unspecified atom stereocenters. The number of rotatable bonds is 7.